The van der Waals surface area contributed by atoms with E-state index in [1.807, 2.05) is 6.92 Å². The molecule has 0 aliphatic heterocycles. The Morgan fingerprint density at radius 3 is 2.54 bits per heavy atom. The van der Waals surface area contributed by atoms with Gasteiger partial charge >= 0.3 is 0 Å². The maximum Gasteiger partial charge on any atom is 0.162 e. The molecule has 0 aromatic carbocycles. The summed E-state index contributed by atoms with van der Waals surface area (Å²) in [7, 11) is 0. The van der Waals surface area contributed by atoms with Gasteiger partial charge in [0.1, 0.15) is 5.78 Å². The van der Waals surface area contributed by atoms with Gasteiger partial charge in [0.25, 0.3) is 0 Å². The van der Waals surface area contributed by atoms with E-state index < -0.39 is 0 Å². The summed E-state index contributed by atoms with van der Waals surface area (Å²) in [5.74, 6) is 2.90. The Morgan fingerprint density at radius 1 is 1.12 bits per heavy atom. The lowest BCUT2D eigenvalue weighted by molar-refractivity contribution is -0.132. The third-order valence-corrected chi connectivity index (χ3v) is 8.50. The molecule has 0 bridgehead atoms. The quantitative estimate of drug-likeness (QED) is 0.594. The van der Waals surface area contributed by atoms with Crippen molar-refractivity contribution in [2.24, 2.45) is 34.5 Å². The first-order chi connectivity index (χ1) is 11.2. The van der Waals surface area contributed by atoms with Crippen LogP contribution in [0.5, 0.6) is 0 Å². The minimum atomic E-state index is -0.0840. The van der Waals surface area contributed by atoms with Crippen LogP contribution in [0.25, 0.3) is 0 Å². The SMILES string of the molecule is C=C1CC(=O)C(C)=C2C(C)C[C@@H]3[C@@H](CC[C@]4(C)C(=O)CC[C@@H]34)[C@@]12C. The average Bonchev–Trinajstić information content (AvgIpc) is 2.81. The Balaban J connectivity index is 1.83. The van der Waals surface area contributed by atoms with E-state index in [0.717, 1.165) is 43.3 Å². The van der Waals surface area contributed by atoms with Crippen molar-refractivity contribution in [3.05, 3.63) is 23.3 Å². The third-order valence-electron chi connectivity index (χ3n) is 8.50. The lowest BCUT2D eigenvalue weighted by Crippen LogP contribution is -2.53. The zero-order valence-corrected chi connectivity index (χ0v) is 15.6. The molecule has 0 heterocycles. The maximum absolute atomic E-state index is 12.5. The largest absolute Gasteiger partial charge is 0.299 e. The van der Waals surface area contributed by atoms with E-state index in [-0.39, 0.29) is 16.6 Å². The predicted octanol–water partition coefficient (Wildman–Crippen LogP) is 4.89. The van der Waals surface area contributed by atoms with Crippen molar-refractivity contribution in [2.45, 2.75) is 66.2 Å². The van der Waals surface area contributed by atoms with E-state index in [1.165, 1.54) is 5.57 Å². The van der Waals surface area contributed by atoms with Crippen LogP contribution < -0.4 is 0 Å². The van der Waals surface area contributed by atoms with E-state index in [0.29, 0.717) is 35.9 Å². The van der Waals surface area contributed by atoms with E-state index in [2.05, 4.69) is 27.4 Å². The van der Waals surface area contributed by atoms with Crippen LogP contribution in [0.1, 0.15) is 66.2 Å². The molecule has 3 fully saturated rings. The molecule has 0 aromatic rings. The van der Waals surface area contributed by atoms with Crippen LogP contribution in [-0.4, -0.2) is 11.6 Å². The molecule has 0 aromatic heterocycles. The first kappa shape index (κ1) is 16.3. The number of rotatable bonds is 0. The fraction of sp³-hybridized carbons (Fsp3) is 0.727. The van der Waals surface area contributed by atoms with Gasteiger partial charge in [0, 0.05) is 23.7 Å². The Morgan fingerprint density at radius 2 is 1.83 bits per heavy atom. The minimum absolute atomic E-state index is 0.0344. The van der Waals surface area contributed by atoms with Crippen LogP contribution in [0, 0.1) is 34.5 Å². The summed E-state index contributed by atoms with van der Waals surface area (Å²) < 4.78 is 0. The number of Topliss-reactive ketones (excluding diaryl/α,β-unsaturated/α-hetero) is 2. The van der Waals surface area contributed by atoms with Crippen molar-refractivity contribution in [1.82, 2.24) is 0 Å². The first-order valence-corrected chi connectivity index (χ1v) is 9.67. The summed E-state index contributed by atoms with van der Waals surface area (Å²) in [6.07, 6.45) is 5.63. The van der Waals surface area contributed by atoms with Gasteiger partial charge in [-0.3, -0.25) is 9.59 Å². The zero-order valence-electron chi connectivity index (χ0n) is 15.6. The minimum Gasteiger partial charge on any atom is -0.299 e. The molecule has 3 saturated carbocycles. The van der Waals surface area contributed by atoms with Crippen molar-refractivity contribution in [3.63, 3.8) is 0 Å². The Bertz CT molecular complexity index is 684. The fourth-order valence-corrected chi connectivity index (χ4v) is 7.21. The second-order valence-electron chi connectivity index (χ2n) is 9.38. The molecule has 6 atom stereocenters. The number of fused-ring (bicyclic) bond motifs is 5. The number of carbonyl (C=O) groups excluding carboxylic acids is 2. The molecule has 130 valence electrons. The molecule has 0 N–H and O–H groups in total. The number of hydrogen-bond donors (Lipinski definition) is 0. The second kappa shape index (κ2) is 4.93. The molecule has 0 saturated heterocycles. The molecule has 0 amide bonds. The molecule has 2 heteroatoms. The molecule has 0 spiro atoms. The lowest BCUT2D eigenvalue weighted by Gasteiger charge is -2.59. The number of allylic oxidation sites excluding steroid dienone is 2. The van der Waals surface area contributed by atoms with Crippen molar-refractivity contribution in [2.75, 3.05) is 0 Å². The van der Waals surface area contributed by atoms with Gasteiger partial charge in [0.15, 0.2) is 5.78 Å². The number of ketones is 2. The van der Waals surface area contributed by atoms with E-state index >= 15 is 0 Å². The van der Waals surface area contributed by atoms with Gasteiger partial charge in [0.2, 0.25) is 0 Å². The number of carbonyl (C=O) groups is 2. The van der Waals surface area contributed by atoms with Crippen LogP contribution in [0.3, 0.4) is 0 Å². The normalized spacial score (nSPS) is 48.2. The monoisotopic (exact) mass is 326 g/mol. The lowest BCUT2D eigenvalue weighted by atomic mass is 9.44. The van der Waals surface area contributed by atoms with Gasteiger partial charge < -0.3 is 0 Å². The molecule has 1 unspecified atom stereocenters. The highest BCUT2D eigenvalue weighted by atomic mass is 16.1. The predicted molar refractivity (Wildman–Crippen MR) is 95.4 cm³/mol. The summed E-state index contributed by atoms with van der Waals surface area (Å²) >= 11 is 0. The Kier molecular flexibility index (Phi) is 3.34. The van der Waals surface area contributed by atoms with E-state index in [9.17, 15) is 9.59 Å². The highest BCUT2D eigenvalue weighted by Crippen LogP contribution is 2.66. The summed E-state index contributed by atoms with van der Waals surface area (Å²) in [5.41, 5.74) is 3.39. The molecule has 0 radical (unpaired) electrons. The fourth-order valence-electron chi connectivity index (χ4n) is 7.21. The van der Waals surface area contributed by atoms with Crippen LogP contribution in [-0.2, 0) is 9.59 Å². The van der Waals surface area contributed by atoms with Crippen LogP contribution in [0.4, 0.5) is 0 Å². The van der Waals surface area contributed by atoms with Crippen molar-refractivity contribution in [1.29, 1.82) is 0 Å². The topological polar surface area (TPSA) is 34.1 Å². The van der Waals surface area contributed by atoms with Crippen molar-refractivity contribution < 1.29 is 9.59 Å². The van der Waals surface area contributed by atoms with Gasteiger partial charge in [-0.1, -0.05) is 38.5 Å². The molecule has 2 nitrogen and oxygen atoms in total. The highest BCUT2D eigenvalue weighted by molar-refractivity contribution is 5.99. The molecular formula is C22H30O2. The van der Waals surface area contributed by atoms with Crippen LogP contribution in [0.2, 0.25) is 0 Å². The summed E-state index contributed by atoms with van der Waals surface area (Å²) in [6, 6.07) is 0. The van der Waals surface area contributed by atoms with Crippen LogP contribution >= 0.6 is 0 Å². The molecule has 4 aliphatic carbocycles. The molecular weight excluding hydrogens is 296 g/mol. The number of hydrogen-bond acceptors (Lipinski definition) is 2. The summed E-state index contributed by atoms with van der Waals surface area (Å²) in [6.45, 7) is 13.3. The zero-order chi connectivity index (χ0) is 17.4. The molecule has 4 aliphatic rings. The van der Waals surface area contributed by atoms with Crippen molar-refractivity contribution >= 4 is 11.6 Å². The van der Waals surface area contributed by atoms with E-state index in [1.54, 1.807) is 0 Å². The average molecular weight is 326 g/mol. The summed E-state index contributed by atoms with van der Waals surface area (Å²) in [4.78, 5) is 25.0. The maximum atomic E-state index is 12.5. The Hall–Kier alpha value is -1.18. The first-order valence-electron chi connectivity index (χ1n) is 9.67. The van der Waals surface area contributed by atoms with Gasteiger partial charge in [-0.25, -0.2) is 0 Å². The van der Waals surface area contributed by atoms with Gasteiger partial charge in [0.05, 0.1) is 0 Å². The van der Waals surface area contributed by atoms with Gasteiger partial charge in [-0.05, 0) is 61.9 Å². The highest BCUT2D eigenvalue weighted by Gasteiger charge is 2.61. The van der Waals surface area contributed by atoms with Gasteiger partial charge in [-0.15, -0.1) is 0 Å². The molecule has 24 heavy (non-hydrogen) atoms. The second-order valence-corrected chi connectivity index (χ2v) is 9.38. The van der Waals surface area contributed by atoms with E-state index in [4.69, 9.17) is 0 Å². The molecule has 4 rings (SSSR count). The summed E-state index contributed by atoms with van der Waals surface area (Å²) in [5, 5.41) is 0. The van der Waals surface area contributed by atoms with Gasteiger partial charge in [-0.2, -0.15) is 0 Å². The third kappa shape index (κ3) is 1.78. The Labute approximate surface area is 145 Å². The van der Waals surface area contributed by atoms with Crippen molar-refractivity contribution in [3.8, 4) is 0 Å². The standard InChI is InChI=1S/C22H30O2/c1-12-10-15-16-6-7-19(24)21(16,4)9-8-17(15)22(5)13(2)11-18(23)14(3)20(12)22/h12,15-17H,2,6-11H2,1,3-5H3/t12?,15-,16-,17+,21-,22+/m0/s1. The smallest absolute Gasteiger partial charge is 0.162 e. The van der Waals surface area contributed by atoms with Crippen LogP contribution in [0.15, 0.2) is 23.3 Å².